The van der Waals surface area contributed by atoms with Crippen LogP contribution in [0.15, 0.2) is 0 Å². The molecule has 2 N–H and O–H groups in total. The van der Waals surface area contributed by atoms with E-state index in [1.54, 1.807) is 0 Å². The standard InChI is InChI=1S/C9H15BrO3/c10-5-1-2-7(9(12)13)8(11)6-3-4-6/h6-8,11H,1-5H2,(H,12,13)/t7-,8+/m1/s1. The third-order valence-electron chi connectivity index (χ3n) is 2.48. The number of rotatable bonds is 6. The number of hydrogen-bond acceptors (Lipinski definition) is 2. The molecule has 0 aliphatic heterocycles. The average Bonchev–Trinajstić information content (AvgIpc) is 2.86. The molecule has 0 bridgehead atoms. The lowest BCUT2D eigenvalue weighted by atomic mass is 9.94. The molecule has 0 aromatic heterocycles. The molecule has 1 aliphatic carbocycles. The third kappa shape index (κ3) is 3.27. The van der Waals surface area contributed by atoms with Gasteiger partial charge in [0.2, 0.25) is 0 Å². The van der Waals surface area contributed by atoms with Crippen LogP contribution in [0.3, 0.4) is 0 Å². The summed E-state index contributed by atoms with van der Waals surface area (Å²) in [6.07, 6.45) is 2.72. The van der Waals surface area contributed by atoms with Crippen LogP contribution in [0.4, 0.5) is 0 Å². The van der Waals surface area contributed by atoms with Gasteiger partial charge in [-0.05, 0) is 31.6 Å². The van der Waals surface area contributed by atoms with Crippen molar-refractivity contribution in [3.63, 3.8) is 0 Å². The van der Waals surface area contributed by atoms with Gasteiger partial charge in [-0.2, -0.15) is 0 Å². The first-order chi connectivity index (χ1) is 6.16. The first kappa shape index (κ1) is 11.0. The molecule has 0 aromatic carbocycles. The topological polar surface area (TPSA) is 57.5 Å². The maximum absolute atomic E-state index is 10.8. The SMILES string of the molecule is O=C(O)[C@H](CCCBr)[C@@H](O)C1CC1. The molecule has 1 fully saturated rings. The molecule has 1 aliphatic rings. The summed E-state index contributed by atoms with van der Waals surface area (Å²) in [5, 5.41) is 19.3. The molecule has 76 valence electrons. The molecule has 1 rings (SSSR count). The van der Waals surface area contributed by atoms with Crippen molar-refractivity contribution in [1.82, 2.24) is 0 Å². The summed E-state index contributed by atoms with van der Waals surface area (Å²) in [5.41, 5.74) is 0. The number of hydrogen-bond donors (Lipinski definition) is 2. The number of halogens is 1. The van der Waals surface area contributed by atoms with Crippen molar-refractivity contribution in [1.29, 1.82) is 0 Å². The summed E-state index contributed by atoms with van der Waals surface area (Å²) in [6.45, 7) is 0. The Morgan fingerprint density at radius 1 is 1.54 bits per heavy atom. The fourth-order valence-electron chi connectivity index (χ4n) is 1.50. The summed E-state index contributed by atoms with van der Waals surface area (Å²) < 4.78 is 0. The van der Waals surface area contributed by atoms with Crippen LogP contribution in [0.2, 0.25) is 0 Å². The van der Waals surface area contributed by atoms with E-state index in [9.17, 15) is 9.90 Å². The van der Waals surface area contributed by atoms with Gasteiger partial charge in [0, 0.05) is 5.33 Å². The molecule has 0 amide bonds. The van der Waals surface area contributed by atoms with Gasteiger partial charge in [-0.25, -0.2) is 0 Å². The summed E-state index contributed by atoms with van der Waals surface area (Å²) in [4.78, 5) is 10.8. The van der Waals surface area contributed by atoms with Crippen molar-refractivity contribution in [2.24, 2.45) is 11.8 Å². The van der Waals surface area contributed by atoms with Crippen molar-refractivity contribution in [2.45, 2.75) is 31.8 Å². The Morgan fingerprint density at radius 2 is 2.15 bits per heavy atom. The molecule has 1 saturated carbocycles. The number of aliphatic hydroxyl groups is 1. The smallest absolute Gasteiger partial charge is 0.309 e. The van der Waals surface area contributed by atoms with Gasteiger partial charge in [0.25, 0.3) is 0 Å². The highest BCUT2D eigenvalue weighted by molar-refractivity contribution is 9.09. The first-order valence-electron chi connectivity index (χ1n) is 4.63. The van der Waals surface area contributed by atoms with Gasteiger partial charge < -0.3 is 10.2 Å². The fraction of sp³-hybridized carbons (Fsp3) is 0.889. The van der Waals surface area contributed by atoms with Gasteiger partial charge in [0.05, 0.1) is 12.0 Å². The highest BCUT2D eigenvalue weighted by Gasteiger charge is 2.38. The Balaban J connectivity index is 2.40. The van der Waals surface area contributed by atoms with Crippen molar-refractivity contribution in [2.75, 3.05) is 5.33 Å². The molecule has 3 nitrogen and oxygen atoms in total. The highest BCUT2D eigenvalue weighted by Crippen LogP contribution is 2.37. The molecule has 4 heteroatoms. The van der Waals surface area contributed by atoms with Gasteiger partial charge in [-0.15, -0.1) is 0 Å². The Labute approximate surface area is 86.3 Å². The maximum atomic E-state index is 10.8. The van der Waals surface area contributed by atoms with Crippen LogP contribution in [0, 0.1) is 11.8 Å². The Bertz CT molecular complexity index is 180. The summed E-state index contributed by atoms with van der Waals surface area (Å²) in [7, 11) is 0. The summed E-state index contributed by atoms with van der Waals surface area (Å²) in [5.74, 6) is -1.18. The molecular weight excluding hydrogens is 236 g/mol. The molecule has 0 spiro atoms. The van der Waals surface area contributed by atoms with Crippen LogP contribution in [-0.4, -0.2) is 27.6 Å². The molecule has 0 heterocycles. The highest BCUT2D eigenvalue weighted by atomic mass is 79.9. The average molecular weight is 251 g/mol. The van der Waals surface area contributed by atoms with Crippen LogP contribution in [0.25, 0.3) is 0 Å². The van der Waals surface area contributed by atoms with Crippen molar-refractivity contribution >= 4 is 21.9 Å². The van der Waals surface area contributed by atoms with Crippen LogP contribution in [0.1, 0.15) is 25.7 Å². The van der Waals surface area contributed by atoms with E-state index in [4.69, 9.17) is 5.11 Å². The van der Waals surface area contributed by atoms with E-state index in [0.29, 0.717) is 6.42 Å². The number of carboxylic acids is 1. The van der Waals surface area contributed by atoms with Crippen molar-refractivity contribution < 1.29 is 15.0 Å². The zero-order valence-corrected chi connectivity index (χ0v) is 9.03. The summed E-state index contributed by atoms with van der Waals surface area (Å²) >= 11 is 3.25. The van der Waals surface area contributed by atoms with Crippen LogP contribution in [0.5, 0.6) is 0 Å². The molecule has 0 aromatic rings. The minimum atomic E-state index is -0.861. The second kappa shape index (κ2) is 4.96. The van der Waals surface area contributed by atoms with Gasteiger partial charge in [0.15, 0.2) is 0 Å². The maximum Gasteiger partial charge on any atom is 0.309 e. The lowest BCUT2D eigenvalue weighted by Gasteiger charge is -2.17. The molecule has 2 atom stereocenters. The van der Waals surface area contributed by atoms with Gasteiger partial charge in [-0.1, -0.05) is 15.9 Å². The van der Waals surface area contributed by atoms with E-state index in [1.807, 2.05) is 0 Å². The normalized spacial score (nSPS) is 21.1. The van der Waals surface area contributed by atoms with E-state index in [0.717, 1.165) is 24.6 Å². The second-order valence-electron chi connectivity index (χ2n) is 3.60. The van der Waals surface area contributed by atoms with Crippen LogP contribution in [-0.2, 0) is 4.79 Å². The van der Waals surface area contributed by atoms with E-state index in [1.165, 1.54) is 0 Å². The lowest BCUT2D eigenvalue weighted by molar-refractivity contribution is -0.146. The van der Waals surface area contributed by atoms with E-state index in [2.05, 4.69) is 15.9 Å². The Kier molecular flexibility index (Phi) is 4.19. The predicted molar refractivity (Wildman–Crippen MR) is 52.9 cm³/mol. The molecule has 0 unspecified atom stereocenters. The number of alkyl halides is 1. The lowest BCUT2D eigenvalue weighted by Crippen LogP contribution is -2.29. The molecule has 13 heavy (non-hydrogen) atoms. The zero-order chi connectivity index (χ0) is 9.84. The molecule has 0 saturated heterocycles. The van der Waals surface area contributed by atoms with E-state index >= 15 is 0 Å². The Morgan fingerprint density at radius 3 is 2.54 bits per heavy atom. The predicted octanol–water partition coefficient (Wildman–Crippen LogP) is 1.63. The van der Waals surface area contributed by atoms with Crippen molar-refractivity contribution in [3.05, 3.63) is 0 Å². The number of aliphatic carboxylic acids is 1. The Hall–Kier alpha value is -0.0900. The summed E-state index contributed by atoms with van der Waals surface area (Å²) in [6, 6.07) is 0. The second-order valence-corrected chi connectivity index (χ2v) is 4.40. The van der Waals surface area contributed by atoms with Gasteiger partial charge in [0.1, 0.15) is 0 Å². The van der Waals surface area contributed by atoms with Crippen LogP contribution >= 0.6 is 15.9 Å². The molecule has 0 radical (unpaired) electrons. The quantitative estimate of drug-likeness (QED) is 0.705. The monoisotopic (exact) mass is 250 g/mol. The van der Waals surface area contributed by atoms with Crippen LogP contribution < -0.4 is 0 Å². The minimum Gasteiger partial charge on any atom is -0.481 e. The van der Waals surface area contributed by atoms with E-state index in [-0.39, 0.29) is 5.92 Å². The number of aliphatic hydroxyl groups excluding tert-OH is 1. The number of carbonyl (C=O) groups is 1. The minimum absolute atomic E-state index is 0.247. The fourth-order valence-corrected chi connectivity index (χ4v) is 1.83. The number of carboxylic acid groups (broad SMARTS) is 1. The first-order valence-corrected chi connectivity index (χ1v) is 5.75. The zero-order valence-electron chi connectivity index (χ0n) is 7.45. The van der Waals surface area contributed by atoms with Crippen molar-refractivity contribution in [3.8, 4) is 0 Å². The van der Waals surface area contributed by atoms with E-state index < -0.39 is 18.0 Å². The largest absolute Gasteiger partial charge is 0.481 e. The van der Waals surface area contributed by atoms with Gasteiger partial charge >= 0.3 is 5.97 Å². The molecular formula is C9H15BrO3. The third-order valence-corrected chi connectivity index (χ3v) is 3.04. The van der Waals surface area contributed by atoms with Gasteiger partial charge in [-0.3, -0.25) is 4.79 Å².